The highest BCUT2D eigenvalue weighted by atomic mass is 32.2. The first-order chi connectivity index (χ1) is 32.4. The molecule has 66 heavy (non-hydrogen) atoms. The number of hydrogen-bond donors (Lipinski definition) is 0. The van der Waals surface area contributed by atoms with E-state index in [1.54, 1.807) is 23.5 Å². The van der Waals surface area contributed by atoms with E-state index in [-0.39, 0.29) is 5.41 Å². The van der Waals surface area contributed by atoms with Crippen molar-refractivity contribution in [2.45, 2.75) is 39.4 Å². The summed E-state index contributed by atoms with van der Waals surface area (Å²) in [7, 11) is 0. The number of fused-ring (bicyclic) bond motifs is 6. The molecule has 1 aliphatic carbocycles. The van der Waals surface area contributed by atoms with Gasteiger partial charge in [-0.25, -0.2) is 19.9 Å². The lowest BCUT2D eigenvalue weighted by Crippen LogP contribution is -2.15. The highest BCUT2D eigenvalue weighted by molar-refractivity contribution is 8.00. The van der Waals surface area contributed by atoms with Crippen molar-refractivity contribution in [2.75, 3.05) is 0 Å². The molecule has 0 spiro atoms. The van der Waals surface area contributed by atoms with Crippen LogP contribution < -0.4 is 0 Å². The summed E-state index contributed by atoms with van der Waals surface area (Å²) in [5.41, 5.74) is 16.1. The molecule has 3 aromatic heterocycles. The smallest absolute Gasteiger partial charge is 0.193 e. The average molecular weight is 884 g/mol. The summed E-state index contributed by atoms with van der Waals surface area (Å²) in [6.45, 7) is 4.70. The van der Waals surface area contributed by atoms with E-state index in [1.807, 2.05) is 24.3 Å². The van der Waals surface area contributed by atoms with Crippen LogP contribution in [0.3, 0.4) is 0 Å². The van der Waals surface area contributed by atoms with E-state index in [0.29, 0.717) is 10.3 Å². The van der Waals surface area contributed by atoms with Crippen LogP contribution in [0, 0.1) is 0 Å². The fraction of sp³-hybridized carbons (Fsp3) is 0.0508. The number of rotatable bonds is 9. The molecule has 8 aromatic carbocycles. The fourth-order valence-electron chi connectivity index (χ4n) is 9.42. The van der Waals surface area contributed by atoms with E-state index >= 15 is 0 Å². The van der Waals surface area contributed by atoms with Gasteiger partial charge in [-0.2, -0.15) is 0 Å². The minimum absolute atomic E-state index is 0.157. The molecule has 0 unspecified atom stereocenters. The second-order valence-corrected chi connectivity index (χ2v) is 19.2. The van der Waals surface area contributed by atoms with Crippen molar-refractivity contribution >= 4 is 45.3 Å². The van der Waals surface area contributed by atoms with Gasteiger partial charge in [-0.05, 0) is 94.3 Å². The zero-order valence-electron chi connectivity index (χ0n) is 36.3. The molecule has 11 aromatic rings. The van der Waals surface area contributed by atoms with Gasteiger partial charge in [0.1, 0.15) is 0 Å². The summed E-state index contributed by atoms with van der Waals surface area (Å²) in [6.07, 6.45) is 0. The van der Waals surface area contributed by atoms with Crippen LogP contribution in [0.5, 0.6) is 0 Å². The topological polar surface area (TPSA) is 56.5 Å². The Hall–Kier alpha value is -7.58. The third-order valence-electron chi connectivity index (χ3n) is 12.6. The van der Waals surface area contributed by atoms with Crippen molar-refractivity contribution in [3.8, 4) is 61.8 Å². The molecule has 12 rings (SSSR count). The summed E-state index contributed by atoms with van der Waals surface area (Å²) in [4.78, 5) is 22.8. The van der Waals surface area contributed by atoms with Crippen molar-refractivity contribution < 1.29 is 0 Å². The van der Waals surface area contributed by atoms with E-state index in [1.165, 1.54) is 33.0 Å². The predicted octanol–water partition coefficient (Wildman–Crippen LogP) is 15.6. The molecule has 0 saturated heterocycles. The Morgan fingerprint density at radius 1 is 0.364 bits per heavy atom. The molecule has 0 fully saturated rings. The van der Waals surface area contributed by atoms with Gasteiger partial charge in [0.05, 0.1) is 33.8 Å². The number of nitrogens with zero attached hydrogens (tertiary/aromatic N) is 5. The first kappa shape index (κ1) is 40.0. The van der Waals surface area contributed by atoms with Gasteiger partial charge >= 0.3 is 0 Å². The quantitative estimate of drug-likeness (QED) is 0.135. The maximum absolute atomic E-state index is 5.21. The van der Waals surface area contributed by atoms with Crippen molar-refractivity contribution in [2.24, 2.45) is 0 Å². The second-order valence-electron chi connectivity index (χ2n) is 17.1. The fourth-order valence-corrected chi connectivity index (χ4v) is 11.2. The van der Waals surface area contributed by atoms with Gasteiger partial charge in [-0.15, -0.1) is 0 Å². The van der Waals surface area contributed by atoms with Gasteiger partial charge in [0, 0.05) is 53.9 Å². The second kappa shape index (κ2) is 16.4. The molecule has 0 atom stereocenters. The molecule has 0 N–H and O–H groups in total. The Kier molecular flexibility index (Phi) is 9.96. The highest BCUT2D eigenvalue weighted by Gasteiger charge is 2.36. The number of hydrogen-bond acceptors (Lipinski definition) is 6. The van der Waals surface area contributed by atoms with Crippen LogP contribution >= 0.6 is 23.5 Å². The molecule has 1 aliphatic rings. The highest BCUT2D eigenvalue weighted by Crippen LogP contribution is 2.51. The predicted molar refractivity (Wildman–Crippen MR) is 272 cm³/mol. The maximum atomic E-state index is 5.21. The lowest BCUT2D eigenvalue weighted by atomic mass is 9.82. The maximum Gasteiger partial charge on any atom is 0.193 e. The Balaban J connectivity index is 1.06. The van der Waals surface area contributed by atoms with Crippen molar-refractivity contribution in [3.05, 3.63) is 223 Å². The standard InChI is InChI=1S/C59H41N5S2/c1-59(2)49-29-17-15-27-45(49)47-34-48-46-28-16-18-30-55(46)64(56(48)35-50(47)59)42-31-43(65-57-60-51(38-19-7-3-8-20-38)36-52(61-57)39-21-9-4-10-22-39)33-44(32-42)66-58-62-53(40-23-11-5-12-24-40)37-54(63-58)41-25-13-6-14-26-41/h3-37H,1-2H3. The first-order valence-electron chi connectivity index (χ1n) is 22.1. The third kappa shape index (κ3) is 7.27. The molecule has 0 saturated carbocycles. The van der Waals surface area contributed by atoms with Crippen LogP contribution in [-0.4, -0.2) is 24.5 Å². The van der Waals surface area contributed by atoms with Gasteiger partial charge in [0.2, 0.25) is 0 Å². The third-order valence-corrected chi connectivity index (χ3v) is 14.3. The Morgan fingerprint density at radius 2 is 0.803 bits per heavy atom. The molecule has 0 radical (unpaired) electrons. The Morgan fingerprint density at radius 3 is 1.30 bits per heavy atom. The Bertz CT molecular complexity index is 3350. The summed E-state index contributed by atoms with van der Waals surface area (Å²) >= 11 is 3.15. The van der Waals surface area contributed by atoms with Crippen molar-refractivity contribution in [3.63, 3.8) is 0 Å². The van der Waals surface area contributed by atoms with Gasteiger partial charge in [0.25, 0.3) is 0 Å². The van der Waals surface area contributed by atoms with Crippen LogP contribution in [0.15, 0.2) is 232 Å². The number of aromatic nitrogens is 5. The lowest BCUT2D eigenvalue weighted by molar-refractivity contribution is 0.661. The molecule has 5 nitrogen and oxygen atoms in total. The zero-order valence-corrected chi connectivity index (χ0v) is 37.9. The Labute approximate surface area is 392 Å². The van der Waals surface area contributed by atoms with Crippen LogP contribution in [0.1, 0.15) is 25.0 Å². The zero-order chi connectivity index (χ0) is 44.2. The molecule has 0 amide bonds. The summed E-state index contributed by atoms with van der Waals surface area (Å²) < 4.78 is 2.44. The minimum atomic E-state index is -0.157. The lowest BCUT2D eigenvalue weighted by Gasteiger charge is -2.21. The summed E-state index contributed by atoms with van der Waals surface area (Å²) in [5, 5.41) is 3.76. The van der Waals surface area contributed by atoms with E-state index in [0.717, 1.165) is 71.5 Å². The van der Waals surface area contributed by atoms with Gasteiger partial charge < -0.3 is 4.57 Å². The molecule has 7 heteroatoms. The van der Waals surface area contributed by atoms with Crippen LogP contribution in [0.25, 0.3) is 83.6 Å². The van der Waals surface area contributed by atoms with Gasteiger partial charge in [-0.3, -0.25) is 0 Å². The van der Waals surface area contributed by atoms with E-state index < -0.39 is 0 Å². The molecule has 3 heterocycles. The SMILES string of the molecule is CC1(C)c2ccccc2-c2cc3c4ccccc4n(-c4cc(Sc5nc(-c6ccccc6)cc(-c6ccccc6)n5)cc(Sc5nc(-c6ccccc6)cc(-c6ccccc6)n5)c4)c3cc21. The number of benzene rings is 8. The van der Waals surface area contributed by atoms with Crippen LogP contribution in [-0.2, 0) is 5.41 Å². The van der Waals surface area contributed by atoms with E-state index in [2.05, 4.69) is 206 Å². The molecule has 0 bridgehead atoms. The van der Waals surface area contributed by atoms with Crippen molar-refractivity contribution in [1.29, 1.82) is 0 Å². The summed E-state index contributed by atoms with van der Waals surface area (Å²) in [5.74, 6) is 0. The van der Waals surface area contributed by atoms with E-state index in [9.17, 15) is 0 Å². The van der Waals surface area contributed by atoms with Crippen molar-refractivity contribution in [1.82, 2.24) is 24.5 Å². The largest absolute Gasteiger partial charge is 0.309 e. The molecule has 0 aliphatic heterocycles. The van der Waals surface area contributed by atoms with Gasteiger partial charge in [-0.1, -0.05) is 178 Å². The van der Waals surface area contributed by atoms with Crippen LogP contribution in [0.4, 0.5) is 0 Å². The first-order valence-corrected chi connectivity index (χ1v) is 23.7. The molecule has 314 valence electrons. The van der Waals surface area contributed by atoms with Crippen LogP contribution in [0.2, 0.25) is 0 Å². The monoisotopic (exact) mass is 883 g/mol. The summed E-state index contributed by atoms with van der Waals surface area (Å²) in [6, 6.07) is 74.9. The average Bonchev–Trinajstić information content (AvgIpc) is 3.81. The molecular formula is C59H41N5S2. The molecular weight excluding hydrogens is 843 g/mol. The van der Waals surface area contributed by atoms with E-state index in [4.69, 9.17) is 19.9 Å². The normalized spacial score (nSPS) is 12.6. The number of para-hydroxylation sites is 1. The minimum Gasteiger partial charge on any atom is -0.309 e. The van der Waals surface area contributed by atoms with Gasteiger partial charge in [0.15, 0.2) is 10.3 Å².